The molecule has 2 aromatic heterocycles. The van der Waals surface area contributed by atoms with E-state index >= 15 is 0 Å². The van der Waals surface area contributed by atoms with Gasteiger partial charge in [0.15, 0.2) is 0 Å². The summed E-state index contributed by atoms with van der Waals surface area (Å²) in [5, 5.41) is 0. The fourth-order valence-electron chi connectivity index (χ4n) is 1.50. The molecule has 1 atom stereocenters. The van der Waals surface area contributed by atoms with Gasteiger partial charge in [-0.3, -0.25) is 9.97 Å². The highest BCUT2D eigenvalue weighted by atomic mass is 79.9. The minimum atomic E-state index is -0.373. The zero-order valence-electron chi connectivity index (χ0n) is 8.98. The molecule has 0 fully saturated rings. The van der Waals surface area contributed by atoms with Gasteiger partial charge in [-0.15, -0.1) is 0 Å². The topological polar surface area (TPSA) is 51.8 Å². The van der Waals surface area contributed by atoms with Crippen LogP contribution in [0.2, 0.25) is 0 Å². The summed E-state index contributed by atoms with van der Waals surface area (Å²) in [5.41, 5.74) is 7.52. The molecular formula is C12H11BrFN3. The Morgan fingerprint density at radius 2 is 2.12 bits per heavy atom. The van der Waals surface area contributed by atoms with E-state index in [2.05, 4.69) is 25.9 Å². The van der Waals surface area contributed by atoms with E-state index < -0.39 is 0 Å². The van der Waals surface area contributed by atoms with E-state index in [0.717, 1.165) is 16.4 Å². The van der Waals surface area contributed by atoms with Gasteiger partial charge in [-0.1, -0.05) is 0 Å². The molecule has 2 N–H and O–H groups in total. The van der Waals surface area contributed by atoms with Crippen LogP contribution in [-0.4, -0.2) is 9.97 Å². The van der Waals surface area contributed by atoms with E-state index in [1.807, 2.05) is 12.1 Å². The van der Waals surface area contributed by atoms with Crippen LogP contribution in [0.15, 0.2) is 41.3 Å². The van der Waals surface area contributed by atoms with Crippen molar-refractivity contribution in [1.82, 2.24) is 9.97 Å². The number of nitrogens with two attached hydrogens (primary N) is 1. The summed E-state index contributed by atoms with van der Waals surface area (Å²) in [6, 6.07) is 4.89. The molecule has 88 valence electrons. The van der Waals surface area contributed by atoms with E-state index in [4.69, 9.17) is 5.73 Å². The van der Waals surface area contributed by atoms with Crippen LogP contribution < -0.4 is 5.73 Å². The predicted molar refractivity (Wildman–Crippen MR) is 66.8 cm³/mol. The van der Waals surface area contributed by atoms with Gasteiger partial charge in [0, 0.05) is 35.0 Å². The molecule has 2 aromatic rings. The number of aromatic nitrogens is 2. The maximum absolute atomic E-state index is 13.0. The highest BCUT2D eigenvalue weighted by molar-refractivity contribution is 9.10. The van der Waals surface area contributed by atoms with Crippen LogP contribution in [0.3, 0.4) is 0 Å². The van der Waals surface area contributed by atoms with E-state index in [1.54, 1.807) is 12.4 Å². The molecule has 5 heteroatoms. The number of pyridine rings is 2. The maximum Gasteiger partial charge on any atom is 0.141 e. The highest BCUT2D eigenvalue weighted by Gasteiger charge is 2.09. The Kier molecular flexibility index (Phi) is 3.81. The third kappa shape index (κ3) is 3.31. The van der Waals surface area contributed by atoms with Crippen LogP contribution in [0.25, 0.3) is 0 Å². The molecule has 17 heavy (non-hydrogen) atoms. The van der Waals surface area contributed by atoms with Crippen LogP contribution >= 0.6 is 15.9 Å². The zero-order chi connectivity index (χ0) is 12.3. The van der Waals surface area contributed by atoms with Crippen LogP contribution in [0.4, 0.5) is 4.39 Å². The average Bonchev–Trinajstić information content (AvgIpc) is 2.32. The molecule has 0 bridgehead atoms. The van der Waals surface area contributed by atoms with E-state index in [0.29, 0.717) is 12.0 Å². The Bertz CT molecular complexity index is 501. The van der Waals surface area contributed by atoms with Crippen molar-refractivity contribution in [3.63, 3.8) is 0 Å². The first-order valence-electron chi connectivity index (χ1n) is 5.11. The van der Waals surface area contributed by atoms with Gasteiger partial charge in [-0.25, -0.2) is 4.39 Å². The van der Waals surface area contributed by atoms with E-state index in [-0.39, 0.29) is 11.9 Å². The lowest BCUT2D eigenvalue weighted by molar-refractivity contribution is 0.609. The quantitative estimate of drug-likeness (QED) is 0.947. The molecule has 0 saturated carbocycles. The van der Waals surface area contributed by atoms with Gasteiger partial charge in [0.2, 0.25) is 0 Å². The van der Waals surface area contributed by atoms with Gasteiger partial charge in [0.05, 0.1) is 6.20 Å². The summed E-state index contributed by atoms with van der Waals surface area (Å²) >= 11 is 3.31. The summed E-state index contributed by atoms with van der Waals surface area (Å²) in [7, 11) is 0. The van der Waals surface area contributed by atoms with E-state index in [9.17, 15) is 4.39 Å². The number of halogens is 2. The lowest BCUT2D eigenvalue weighted by Crippen LogP contribution is -2.14. The molecule has 0 aliphatic carbocycles. The Hall–Kier alpha value is -1.33. The van der Waals surface area contributed by atoms with Gasteiger partial charge < -0.3 is 5.73 Å². The maximum atomic E-state index is 13.0. The van der Waals surface area contributed by atoms with Crippen molar-refractivity contribution in [2.45, 2.75) is 12.5 Å². The Morgan fingerprint density at radius 1 is 1.29 bits per heavy atom. The third-order valence-electron chi connectivity index (χ3n) is 2.37. The third-order valence-corrected chi connectivity index (χ3v) is 2.84. The van der Waals surface area contributed by atoms with Crippen molar-refractivity contribution in [3.8, 4) is 0 Å². The molecule has 0 spiro atoms. The molecule has 0 aliphatic rings. The van der Waals surface area contributed by atoms with Crippen molar-refractivity contribution in [3.05, 3.63) is 58.3 Å². The minimum absolute atomic E-state index is 0.299. The molecule has 2 heterocycles. The summed E-state index contributed by atoms with van der Waals surface area (Å²) in [6.45, 7) is 0. The summed E-state index contributed by atoms with van der Waals surface area (Å²) < 4.78 is 13.9. The highest BCUT2D eigenvalue weighted by Crippen LogP contribution is 2.16. The van der Waals surface area contributed by atoms with Crippen molar-refractivity contribution in [1.29, 1.82) is 0 Å². The lowest BCUT2D eigenvalue weighted by atomic mass is 10.0. The first kappa shape index (κ1) is 12.1. The van der Waals surface area contributed by atoms with Crippen molar-refractivity contribution < 1.29 is 4.39 Å². The molecule has 0 aliphatic heterocycles. The largest absolute Gasteiger partial charge is 0.324 e. The Balaban J connectivity index is 2.11. The van der Waals surface area contributed by atoms with Gasteiger partial charge in [-0.2, -0.15) is 0 Å². The standard InChI is InChI=1S/C12H11BrFN3/c13-9-1-2-11(17-6-9)4-12(15)8-3-10(14)7-16-5-8/h1-3,5-7,12H,4,15H2. The second-order valence-electron chi connectivity index (χ2n) is 3.71. The fraction of sp³-hybridized carbons (Fsp3) is 0.167. The molecule has 0 aromatic carbocycles. The van der Waals surface area contributed by atoms with Crippen LogP contribution in [0, 0.1) is 5.82 Å². The second-order valence-corrected chi connectivity index (χ2v) is 4.63. The van der Waals surface area contributed by atoms with Crippen molar-refractivity contribution >= 4 is 15.9 Å². The molecule has 1 unspecified atom stereocenters. The molecular weight excluding hydrogens is 285 g/mol. The first-order valence-corrected chi connectivity index (χ1v) is 5.91. The smallest absolute Gasteiger partial charge is 0.141 e. The van der Waals surface area contributed by atoms with Crippen LogP contribution in [0.1, 0.15) is 17.3 Å². The Labute approximate surface area is 107 Å². The molecule has 3 nitrogen and oxygen atoms in total. The molecule has 0 amide bonds. The van der Waals surface area contributed by atoms with Gasteiger partial charge in [0.25, 0.3) is 0 Å². The van der Waals surface area contributed by atoms with Gasteiger partial charge >= 0.3 is 0 Å². The van der Waals surface area contributed by atoms with Gasteiger partial charge in [-0.05, 0) is 39.7 Å². The van der Waals surface area contributed by atoms with E-state index in [1.165, 1.54) is 6.07 Å². The summed E-state index contributed by atoms with van der Waals surface area (Å²) in [5.74, 6) is -0.373. The van der Waals surface area contributed by atoms with Crippen LogP contribution in [0.5, 0.6) is 0 Å². The van der Waals surface area contributed by atoms with Gasteiger partial charge in [0.1, 0.15) is 5.82 Å². The number of hydrogen-bond donors (Lipinski definition) is 1. The molecule has 0 radical (unpaired) electrons. The monoisotopic (exact) mass is 295 g/mol. The second kappa shape index (κ2) is 5.33. The fourth-order valence-corrected chi connectivity index (χ4v) is 1.74. The predicted octanol–water partition coefficient (Wildman–Crippen LogP) is 2.62. The average molecular weight is 296 g/mol. The minimum Gasteiger partial charge on any atom is -0.324 e. The normalized spacial score (nSPS) is 12.4. The number of rotatable bonds is 3. The lowest BCUT2D eigenvalue weighted by Gasteiger charge is -2.11. The summed E-state index contributed by atoms with van der Waals surface area (Å²) in [4.78, 5) is 8.00. The summed E-state index contributed by atoms with van der Waals surface area (Å²) in [6.07, 6.45) is 5.00. The first-order chi connectivity index (χ1) is 8.15. The Morgan fingerprint density at radius 3 is 2.76 bits per heavy atom. The van der Waals surface area contributed by atoms with Crippen LogP contribution in [-0.2, 0) is 6.42 Å². The zero-order valence-corrected chi connectivity index (χ0v) is 10.6. The number of hydrogen-bond acceptors (Lipinski definition) is 3. The number of nitrogens with zero attached hydrogens (tertiary/aromatic N) is 2. The van der Waals surface area contributed by atoms with Crippen molar-refractivity contribution in [2.24, 2.45) is 5.73 Å². The molecule has 0 saturated heterocycles. The SMILES string of the molecule is NC(Cc1ccc(Br)cn1)c1cncc(F)c1. The van der Waals surface area contributed by atoms with Crippen molar-refractivity contribution in [2.75, 3.05) is 0 Å². The molecule has 2 rings (SSSR count).